The van der Waals surface area contributed by atoms with Gasteiger partial charge in [0.25, 0.3) is 0 Å². The van der Waals surface area contributed by atoms with E-state index >= 15 is 0 Å². The molecular weight excluding hydrogens is 353 g/mol. The van der Waals surface area contributed by atoms with E-state index < -0.39 is 0 Å². The van der Waals surface area contributed by atoms with E-state index in [1.807, 2.05) is 24.3 Å². The number of aryl methyl sites for hydroxylation is 1. The Bertz CT molecular complexity index is 513. The lowest BCUT2D eigenvalue weighted by Crippen LogP contribution is -2.16. The molecule has 0 saturated carbocycles. The van der Waals surface area contributed by atoms with Crippen LogP contribution in [0.15, 0.2) is 28.7 Å². The predicted octanol–water partition coefficient (Wildman–Crippen LogP) is 3.27. The summed E-state index contributed by atoms with van der Waals surface area (Å²) in [5.41, 5.74) is 0.981. The molecule has 0 aliphatic heterocycles. The van der Waals surface area contributed by atoms with Crippen LogP contribution in [0.3, 0.4) is 0 Å². The minimum absolute atomic E-state index is 0.607. The van der Waals surface area contributed by atoms with E-state index in [0.717, 1.165) is 37.9 Å². The van der Waals surface area contributed by atoms with Gasteiger partial charge in [-0.3, -0.25) is 0 Å². The van der Waals surface area contributed by atoms with Gasteiger partial charge in [-0.15, -0.1) is 10.2 Å². The number of nitrogens with zero attached hydrogens (tertiary/aromatic N) is 2. The number of rotatable bonds is 7. The van der Waals surface area contributed by atoms with Crippen molar-refractivity contribution in [1.29, 1.82) is 0 Å². The Labute approximate surface area is 127 Å². The molecule has 0 radical (unpaired) electrons. The van der Waals surface area contributed by atoms with Crippen molar-refractivity contribution in [3.8, 4) is 11.5 Å². The fourth-order valence-corrected chi connectivity index (χ4v) is 2.30. The smallest absolute Gasteiger partial charge is 0.247 e. The van der Waals surface area contributed by atoms with E-state index in [-0.39, 0.29) is 0 Å². The van der Waals surface area contributed by atoms with Crippen LogP contribution in [0.1, 0.15) is 25.7 Å². The van der Waals surface area contributed by atoms with Crippen LogP contribution in [-0.2, 0) is 6.42 Å². The Morgan fingerprint density at radius 2 is 2.16 bits per heavy atom. The molecule has 19 heavy (non-hydrogen) atoms. The molecule has 102 valence electrons. The molecule has 2 rings (SSSR count). The molecule has 0 saturated heterocycles. The van der Waals surface area contributed by atoms with Crippen molar-refractivity contribution in [3.05, 3.63) is 33.7 Å². The highest BCUT2D eigenvalue weighted by atomic mass is 127. The van der Waals surface area contributed by atoms with Crippen LogP contribution in [0.5, 0.6) is 0 Å². The number of halogens is 1. The Morgan fingerprint density at radius 3 is 2.95 bits per heavy atom. The lowest BCUT2D eigenvalue weighted by Gasteiger charge is -1.99. The second-order valence-electron chi connectivity index (χ2n) is 4.36. The maximum atomic E-state index is 5.68. The van der Waals surface area contributed by atoms with Gasteiger partial charge in [0.1, 0.15) is 0 Å². The van der Waals surface area contributed by atoms with Gasteiger partial charge in [-0.05, 0) is 66.7 Å². The molecule has 1 N–H and O–H groups in total. The lowest BCUT2D eigenvalue weighted by molar-refractivity contribution is 0.491. The monoisotopic (exact) mass is 371 g/mol. The zero-order valence-electron chi connectivity index (χ0n) is 11.0. The van der Waals surface area contributed by atoms with Crippen molar-refractivity contribution in [2.75, 3.05) is 13.1 Å². The van der Waals surface area contributed by atoms with Crippen molar-refractivity contribution < 1.29 is 4.42 Å². The maximum Gasteiger partial charge on any atom is 0.247 e. The van der Waals surface area contributed by atoms with Gasteiger partial charge >= 0.3 is 0 Å². The van der Waals surface area contributed by atoms with Crippen LogP contribution in [0.25, 0.3) is 11.5 Å². The molecule has 1 aromatic carbocycles. The molecule has 2 aromatic rings. The first-order valence-electron chi connectivity index (χ1n) is 6.58. The molecule has 0 fully saturated rings. The topological polar surface area (TPSA) is 51.0 Å². The molecular formula is C14H18IN3O. The van der Waals surface area contributed by atoms with Crippen LogP contribution in [-0.4, -0.2) is 23.3 Å². The molecule has 1 heterocycles. The van der Waals surface area contributed by atoms with E-state index in [9.17, 15) is 0 Å². The quantitative estimate of drug-likeness (QED) is 0.600. The van der Waals surface area contributed by atoms with Gasteiger partial charge in [-0.25, -0.2) is 0 Å². The summed E-state index contributed by atoms with van der Waals surface area (Å²) < 4.78 is 6.84. The molecule has 0 atom stereocenters. The average molecular weight is 371 g/mol. The first kappa shape index (κ1) is 14.5. The Morgan fingerprint density at radius 1 is 1.26 bits per heavy atom. The number of nitrogens with one attached hydrogen (secondary N) is 1. The number of aromatic nitrogens is 2. The average Bonchev–Trinajstić information content (AvgIpc) is 2.87. The number of hydrogen-bond donors (Lipinski definition) is 1. The Hall–Kier alpha value is -0.950. The summed E-state index contributed by atoms with van der Waals surface area (Å²) in [5, 5.41) is 11.6. The summed E-state index contributed by atoms with van der Waals surface area (Å²) in [6, 6.07) is 8.07. The molecule has 0 unspecified atom stereocenters. The second kappa shape index (κ2) is 7.59. The first-order chi connectivity index (χ1) is 9.29. The maximum absolute atomic E-state index is 5.68. The highest BCUT2D eigenvalue weighted by Crippen LogP contribution is 2.20. The van der Waals surface area contributed by atoms with E-state index in [4.69, 9.17) is 4.42 Å². The molecule has 4 nitrogen and oxygen atoms in total. The number of hydrogen-bond acceptors (Lipinski definition) is 4. The van der Waals surface area contributed by atoms with Crippen LogP contribution in [0.2, 0.25) is 0 Å². The zero-order chi connectivity index (χ0) is 13.5. The summed E-state index contributed by atoms with van der Waals surface area (Å²) in [6.45, 7) is 4.23. The van der Waals surface area contributed by atoms with Crippen molar-refractivity contribution in [1.82, 2.24) is 15.5 Å². The molecule has 1 aromatic heterocycles. The van der Waals surface area contributed by atoms with Crippen molar-refractivity contribution in [2.24, 2.45) is 0 Å². The fourth-order valence-electron chi connectivity index (χ4n) is 1.76. The minimum atomic E-state index is 0.607. The van der Waals surface area contributed by atoms with E-state index in [1.165, 1.54) is 3.57 Å². The second-order valence-corrected chi connectivity index (χ2v) is 5.61. The highest BCUT2D eigenvalue weighted by Gasteiger charge is 2.08. The third kappa shape index (κ3) is 4.58. The Balaban J connectivity index is 1.88. The van der Waals surface area contributed by atoms with Crippen LogP contribution in [0.4, 0.5) is 0 Å². The van der Waals surface area contributed by atoms with Gasteiger partial charge in [0.2, 0.25) is 11.8 Å². The molecule has 5 heteroatoms. The summed E-state index contributed by atoms with van der Waals surface area (Å²) in [7, 11) is 0. The SMILES string of the molecule is CCCNCCCc1nnc(-c2cccc(I)c2)o1. The molecule has 0 aliphatic rings. The first-order valence-corrected chi connectivity index (χ1v) is 7.66. The van der Waals surface area contributed by atoms with Crippen LogP contribution >= 0.6 is 22.6 Å². The van der Waals surface area contributed by atoms with Crippen LogP contribution in [0, 0.1) is 3.57 Å². The third-order valence-electron chi connectivity index (χ3n) is 2.71. The third-order valence-corrected chi connectivity index (χ3v) is 3.38. The fraction of sp³-hybridized carbons (Fsp3) is 0.429. The highest BCUT2D eigenvalue weighted by molar-refractivity contribution is 14.1. The molecule has 0 amide bonds. The van der Waals surface area contributed by atoms with Gasteiger partial charge in [-0.1, -0.05) is 13.0 Å². The molecule has 0 bridgehead atoms. The van der Waals surface area contributed by atoms with Crippen molar-refractivity contribution >= 4 is 22.6 Å². The molecule has 0 aliphatic carbocycles. The van der Waals surface area contributed by atoms with Gasteiger partial charge in [0, 0.05) is 15.6 Å². The summed E-state index contributed by atoms with van der Waals surface area (Å²) in [5.74, 6) is 1.32. The van der Waals surface area contributed by atoms with E-state index in [0.29, 0.717) is 11.8 Å². The van der Waals surface area contributed by atoms with Gasteiger partial charge in [0.15, 0.2) is 0 Å². The van der Waals surface area contributed by atoms with Crippen molar-refractivity contribution in [2.45, 2.75) is 26.2 Å². The minimum Gasteiger partial charge on any atom is -0.421 e. The predicted molar refractivity (Wildman–Crippen MR) is 83.9 cm³/mol. The van der Waals surface area contributed by atoms with Gasteiger partial charge < -0.3 is 9.73 Å². The van der Waals surface area contributed by atoms with E-state index in [1.54, 1.807) is 0 Å². The summed E-state index contributed by atoms with van der Waals surface area (Å²) in [4.78, 5) is 0. The standard InChI is InChI=1S/C14H18IN3O/c1-2-8-16-9-4-7-13-17-18-14(19-13)11-5-3-6-12(15)10-11/h3,5-6,10,16H,2,4,7-9H2,1H3. The van der Waals surface area contributed by atoms with E-state index in [2.05, 4.69) is 45.0 Å². The Kier molecular flexibility index (Phi) is 5.78. The van der Waals surface area contributed by atoms with Gasteiger partial charge in [-0.2, -0.15) is 0 Å². The largest absolute Gasteiger partial charge is 0.421 e. The molecule has 0 spiro atoms. The zero-order valence-corrected chi connectivity index (χ0v) is 13.2. The van der Waals surface area contributed by atoms with Crippen LogP contribution < -0.4 is 5.32 Å². The normalized spacial score (nSPS) is 10.8. The summed E-state index contributed by atoms with van der Waals surface area (Å²) >= 11 is 2.28. The number of benzene rings is 1. The van der Waals surface area contributed by atoms with Gasteiger partial charge in [0.05, 0.1) is 0 Å². The van der Waals surface area contributed by atoms with Crippen molar-refractivity contribution in [3.63, 3.8) is 0 Å². The summed E-state index contributed by atoms with van der Waals surface area (Å²) in [6.07, 6.45) is 3.01. The lowest BCUT2D eigenvalue weighted by atomic mass is 10.2.